The lowest BCUT2D eigenvalue weighted by Crippen LogP contribution is -2.26. The van der Waals surface area contributed by atoms with Crippen LogP contribution < -0.4 is 9.64 Å². The normalized spacial score (nSPS) is 13.2. The second-order valence-electron chi connectivity index (χ2n) is 5.59. The van der Waals surface area contributed by atoms with E-state index in [9.17, 15) is 4.79 Å². The molecule has 1 amide bonds. The van der Waals surface area contributed by atoms with E-state index < -0.39 is 0 Å². The summed E-state index contributed by atoms with van der Waals surface area (Å²) in [6, 6.07) is 15.3. The van der Waals surface area contributed by atoms with E-state index in [1.165, 1.54) is 0 Å². The Morgan fingerprint density at radius 2 is 1.83 bits per heavy atom. The summed E-state index contributed by atoms with van der Waals surface area (Å²) < 4.78 is 7.24. The predicted molar refractivity (Wildman–Crippen MR) is 89.9 cm³/mol. The molecule has 3 aromatic rings. The number of aromatic nitrogens is 3. The maximum absolute atomic E-state index is 13.0. The first kappa shape index (κ1) is 14.4. The number of anilines is 2. The monoisotopic (exact) mass is 320 g/mol. The standard InChI is InChI=1S/C18H16N4O2/c1-12-19-20-17-11-18(23)22(13-6-5-7-14(10-13)24-2)16-9-4-3-8-15(16)21(12)17/h3-10H,11H2,1-2H3. The van der Waals surface area contributed by atoms with Gasteiger partial charge in [-0.1, -0.05) is 18.2 Å². The molecule has 1 aliphatic heterocycles. The molecule has 0 radical (unpaired) electrons. The molecule has 0 aliphatic carbocycles. The summed E-state index contributed by atoms with van der Waals surface area (Å²) in [6.07, 6.45) is 0.187. The van der Waals surface area contributed by atoms with Gasteiger partial charge in [0.1, 0.15) is 17.4 Å². The maximum Gasteiger partial charge on any atom is 0.239 e. The van der Waals surface area contributed by atoms with Crippen molar-refractivity contribution in [3.8, 4) is 11.4 Å². The van der Waals surface area contributed by atoms with E-state index in [1.807, 2.05) is 60.0 Å². The summed E-state index contributed by atoms with van der Waals surface area (Å²) in [5.41, 5.74) is 2.46. The van der Waals surface area contributed by atoms with Crippen LogP contribution in [0.15, 0.2) is 48.5 Å². The fourth-order valence-corrected chi connectivity index (χ4v) is 3.06. The van der Waals surface area contributed by atoms with Crippen molar-refractivity contribution >= 4 is 17.3 Å². The Morgan fingerprint density at radius 1 is 1.04 bits per heavy atom. The molecule has 1 aromatic heterocycles. The number of aryl methyl sites for hydroxylation is 1. The first-order valence-electron chi connectivity index (χ1n) is 7.66. The van der Waals surface area contributed by atoms with Gasteiger partial charge in [0.2, 0.25) is 5.91 Å². The lowest BCUT2D eigenvalue weighted by atomic mass is 10.2. The summed E-state index contributed by atoms with van der Waals surface area (Å²) in [5.74, 6) is 2.06. The molecule has 0 N–H and O–H groups in total. The maximum atomic E-state index is 13.0. The molecule has 4 rings (SSSR count). The van der Waals surface area contributed by atoms with E-state index in [-0.39, 0.29) is 12.3 Å². The zero-order valence-electron chi connectivity index (χ0n) is 13.4. The molecule has 0 bridgehead atoms. The van der Waals surface area contributed by atoms with Crippen molar-refractivity contribution in [2.45, 2.75) is 13.3 Å². The van der Waals surface area contributed by atoms with Gasteiger partial charge < -0.3 is 4.74 Å². The van der Waals surface area contributed by atoms with Crippen molar-refractivity contribution in [3.63, 3.8) is 0 Å². The molecule has 6 nitrogen and oxygen atoms in total. The molecule has 2 heterocycles. The average Bonchev–Trinajstić information content (AvgIpc) is 2.89. The Hall–Kier alpha value is -3.15. The summed E-state index contributed by atoms with van der Waals surface area (Å²) in [7, 11) is 1.61. The molecule has 24 heavy (non-hydrogen) atoms. The topological polar surface area (TPSA) is 60.2 Å². The van der Waals surface area contributed by atoms with E-state index in [1.54, 1.807) is 12.0 Å². The molecule has 0 spiro atoms. The molecule has 0 fully saturated rings. The number of amides is 1. The number of benzene rings is 2. The van der Waals surface area contributed by atoms with Gasteiger partial charge in [-0.25, -0.2) is 0 Å². The van der Waals surface area contributed by atoms with Crippen molar-refractivity contribution in [3.05, 3.63) is 60.2 Å². The smallest absolute Gasteiger partial charge is 0.239 e. The molecule has 0 unspecified atom stereocenters. The number of rotatable bonds is 2. The van der Waals surface area contributed by atoms with Crippen LogP contribution in [0.5, 0.6) is 5.75 Å². The summed E-state index contributed by atoms with van der Waals surface area (Å²) >= 11 is 0. The van der Waals surface area contributed by atoms with E-state index >= 15 is 0 Å². The van der Waals surface area contributed by atoms with E-state index in [4.69, 9.17) is 4.74 Å². The molecule has 0 atom stereocenters. The number of fused-ring (bicyclic) bond motifs is 3. The summed E-state index contributed by atoms with van der Waals surface area (Å²) in [4.78, 5) is 14.7. The molecular weight excluding hydrogens is 304 g/mol. The quantitative estimate of drug-likeness (QED) is 0.728. The lowest BCUT2D eigenvalue weighted by Gasteiger charge is -2.23. The minimum Gasteiger partial charge on any atom is -0.497 e. The fraction of sp³-hybridized carbons (Fsp3) is 0.167. The minimum absolute atomic E-state index is 0.0538. The molecule has 1 aliphatic rings. The minimum atomic E-state index is -0.0538. The number of methoxy groups -OCH3 is 1. The second kappa shape index (κ2) is 5.49. The number of para-hydroxylation sites is 2. The zero-order chi connectivity index (χ0) is 16.7. The van der Waals surface area contributed by atoms with Crippen LogP contribution in [0.25, 0.3) is 5.69 Å². The first-order chi connectivity index (χ1) is 11.7. The number of carbonyl (C=O) groups excluding carboxylic acids is 1. The number of ether oxygens (including phenoxy) is 1. The van der Waals surface area contributed by atoms with Crippen LogP contribution in [0.3, 0.4) is 0 Å². The molecular formula is C18H16N4O2. The van der Waals surface area contributed by atoms with Crippen molar-refractivity contribution < 1.29 is 9.53 Å². The lowest BCUT2D eigenvalue weighted by molar-refractivity contribution is -0.117. The highest BCUT2D eigenvalue weighted by Crippen LogP contribution is 2.36. The van der Waals surface area contributed by atoms with Crippen LogP contribution >= 0.6 is 0 Å². The molecule has 0 saturated heterocycles. The van der Waals surface area contributed by atoms with Gasteiger partial charge >= 0.3 is 0 Å². The van der Waals surface area contributed by atoms with Crippen molar-refractivity contribution in [2.24, 2.45) is 0 Å². The van der Waals surface area contributed by atoms with Gasteiger partial charge in [0.05, 0.1) is 30.6 Å². The Kier molecular flexibility index (Phi) is 3.30. The van der Waals surface area contributed by atoms with Crippen molar-refractivity contribution in [1.82, 2.24) is 14.8 Å². The number of hydrogen-bond acceptors (Lipinski definition) is 4. The molecule has 120 valence electrons. The highest BCUT2D eigenvalue weighted by molar-refractivity contribution is 6.04. The Balaban J connectivity index is 1.95. The van der Waals surface area contributed by atoms with E-state index in [2.05, 4.69) is 10.2 Å². The number of hydrogen-bond donors (Lipinski definition) is 0. The Labute approximate surface area is 139 Å². The van der Waals surface area contributed by atoms with Crippen molar-refractivity contribution in [1.29, 1.82) is 0 Å². The van der Waals surface area contributed by atoms with Crippen LogP contribution in [0.1, 0.15) is 11.6 Å². The van der Waals surface area contributed by atoms with Crippen LogP contribution in [0.4, 0.5) is 11.4 Å². The van der Waals surface area contributed by atoms with E-state index in [0.717, 1.165) is 22.9 Å². The van der Waals surface area contributed by atoms with Crippen LogP contribution in [-0.2, 0) is 11.2 Å². The van der Waals surface area contributed by atoms with Crippen LogP contribution in [0.2, 0.25) is 0 Å². The van der Waals surface area contributed by atoms with Gasteiger partial charge in [0, 0.05) is 6.07 Å². The first-order valence-corrected chi connectivity index (χ1v) is 7.66. The average molecular weight is 320 g/mol. The molecule has 6 heteroatoms. The molecule has 2 aromatic carbocycles. The summed E-state index contributed by atoms with van der Waals surface area (Å²) in [5, 5.41) is 8.29. The van der Waals surface area contributed by atoms with Gasteiger partial charge in [-0.3, -0.25) is 14.3 Å². The van der Waals surface area contributed by atoms with Gasteiger partial charge in [0.15, 0.2) is 0 Å². The highest BCUT2D eigenvalue weighted by atomic mass is 16.5. The van der Waals surface area contributed by atoms with Gasteiger partial charge in [-0.15, -0.1) is 10.2 Å². The van der Waals surface area contributed by atoms with Crippen LogP contribution in [-0.4, -0.2) is 27.8 Å². The largest absolute Gasteiger partial charge is 0.497 e. The summed E-state index contributed by atoms with van der Waals surface area (Å²) in [6.45, 7) is 1.89. The van der Waals surface area contributed by atoms with Crippen molar-refractivity contribution in [2.75, 3.05) is 12.0 Å². The number of carbonyl (C=O) groups is 1. The Bertz CT molecular complexity index is 932. The third kappa shape index (κ3) is 2.15. The van der Waals surface area contributed by atoms with E-state index in [0.29, 0.717) is 11.6 Å². The van der Waals surface area contributed by atoms with Crippen LogP contribution in [0, 0.1) is 6.92 Å². The number of nitrogens with zero attached hydrogens (tertiary/aromatic N) is 4. The van der Waals surface area contributed by atoms with Gasteiger partial charge in [-0.2, -0.15) is 0 Å². The highest BCUT2D eigenvalue weighted by Gasteiger charge is 2.29. The third-order valence-electron chi connectivity index (χ3n) is 4.13. The fourth-order valence-electron chi connectivity index (χ4n) is 3.06. The Morgan fingerprint density at radius 3 is 2.62 bits per heavy atom. The van der Waals surface area contributed by atoms with Gasteiger partial charge in [-0.05, 0) is 31.2 Å². The SMILES string of the molecule is COc1cccc(N2C(=O)Cc3nnc(C)n3-c3ccccc32)c1. The third-order valence-corrected chi connectivity index (χ3v) is 4.13. The zero-order valence-corrected chi connectivity index (χ0v) is 13.4. The van der Waals surface area contributed by atoms with Gasteiger partial charge in [0.25, 0.3) is 0 Å². The second-order valence-corrected chi connectivity index (χ2v) is 5.59. The molecule has 0 saturated carbocycles. The predicted octanol–water partition coefficient (Wildman–Crippen LogP) is 2.81.